The van der Waals surface area contributed by atoms with Crippen LogP contribution in [0.25, 0.3) is 0 Å². The van der Waals surface area contributed by atoms with Gasteiger partial charge in [-0.25, -0.2) is 0 Å². The summed E-state index contributed by atoms with van der Waals surface area (Å²) in [5.74, 6) is -1.94. The van der Waals surface area contributed by atoms with Gasteiger partial charge in [-0.05, 0) is 50.5 Å². The molecule has 0 spiro atoms. The van der Waals surface area contributed by atoms with Gasteiger partial charge in [0.05, 0.1) is 30.0 Å². The molecule has 2 saturated heterocycles. The van der Waals surface area contributed by atoms with Crippen LogP contribution in [0.3, 0.4) is 0 Å². The van der Waals surface area contributed by atoms with E-state index in [4.69, 9.17) is 9.47 Å². The summed E-state index contributed by atoms with van der Waals surface area (Å²) in [5.41, 5.74) is -7.52. The van der Waals surface area contributed by atoms with Crippen molar-refractivity contribution < 1.29 is 39.5 Å². The van der Waals surface area contributed by atoms with Crippen LogP contribution in [0.1, 0.15) is 72.3 Å². The molecule has 2 heterocycles. The van der Waals surface area contributed by atoms with Crippen molar-refractivity contribution in [2.24, 2.45) is 16.7 Å². The van der Waals surface area contributed by atoms with Gasteiger partial charge in [-0.2, -0.15) is 0 Å². The molecular formula is C33H47NO8. The molecule has 2 aliphatic carbocycles. The lowest BCUT2D eigenvalue weighted by molar-refractivity contribution is -0.370. The van der Waals surface area contributed by atoms with Crippen LogP contribution in [0.4, 0.5) is 0 Å². The molecule has 1 aromatic carbocycles. The molecule has 4 N–H and O–H groups in total. The Hall–Kier alpha value is -2.14. The molecule has 0 aromatic heterocycles. The Balaban J connectivity index is 1.44. The van der Waals surface area contributed by atoms with Gasteiger partial charge in [0, 0.05) is 30.8 Å². The zero-order valence-corrected chi connectivity index (χ0v) is 25.5. The van der Waals surface area contributed by atoms with Crippen LogP contribution >= 0.6 is 0 Å². The van der Waals surface area contributed by atoms with E-state index >= 15 is 0 Å². The van der Waals surface area contributed by atoms with Crippen LogP contribution < -0.4 is 0 Å². The Morgan fingerprint density at radius 2 is 1.69 bits per heavy atom. The fourth-order valence-corrected chi connectivity index (χ4v) is 8.96. The third kappa shape index (κ3) is 4.42. The van der Waals surface area contributed by atoms with Gasteiger partial charge >= 0.3 is 5.97 Å². The molecule has 232 valence electrons. The minimum atomic E-state index is -2.26. The van der Waals surface area contributed by atoms with E-state index in [0.29, 0.717) is 38.8 Å². The van der Waals surface area contributed by atoms with Crippen molar-refractivity contribution in [3.05, 3.63) is 48.6 Å². The molecule has 5 rings (SSSR count). The number of aliphatic hydroxyl groups is 4. The van der Waals surface area contributed by atoms with E-state index in [0.717, 1.165) is 5.56 Å². The Morgan fingerprint density at radius 3 is 2.29 bits per heavy atom. The Kier molecular flexibility index (Phi) is 7.61. The number of hydrogen-bond acceptors (Lipinski definition) is 9. The second kappa shape index (κ2) is 10.2. The van der Waals surface area contributed by atoms with Crippen LogP contribution in [0.2, 0.25) is 0 Å². The summed E-state index contributed by atoms with van der Waals surface area (Å²) in [6.45, 7) is 13.4. The molecule has 0 radical (unpaired) electrons. The van der Waals surface area contributed by atoms with Crippen molar-refractivity contribution in [2.45, 2.75) is 107 Å². The Bertz CT molecular complexity index is 1230. The summed E-state index contributed by atoms with van der Waals surface area (Å²) < 4.78 is 12.5. The highest BCUT2D eigenvalue weighted by Gasteiger charge is 2.81. The largest absolute Gasteiger partial charge is 0.455 e. The van der Waals surface area contributed by atoms with Gasteiger partial charge in [-0.15, -0.1) is 6.58 Å². The summed E-state index contributed by atoms with van der Waals surface area (Å²) in [6, 6.07) is 9.48. The monoisotopic (exact) mass is 585 g/mol. The van der Waals surface area contributed by atoms with Gasteiger partial charge in [-0.3, -0.25) is 14.5 Å². The number of piperidine rings is 1. The Labute approximate surface area is 248 Å². The second-order valence-corrected chi connectivity index (χ2v) is 14.4. The first-order valence-electron chi connectivity index (χ1n) is 15.1. The minimum Gasteiger partial charge on any atom is -0.455 e. The molecule has 8 atom stereocenters. The van der Waals surface area contributed by atoms with E-state index < -0.39 is 69.2 Å². The number of ether oxygens (including phenoxy) is 2. The first kappa shape index (κ1) is 31.3. The molecule has 0 bridgehead atoms. The number of esters is 1. The van der Waals surface area contributed by atoms with Crippen molar-refractivity contribution in [2.75, 3.05) is 19.6 Å². The van der Waals surface area contributed by atoms with Crippen LogP contribution in [0.15, 0.2) is 43.0 Å². The maximum absolute atomic E-state index is 14.0. The molecule has 4 unspecified atom stereocenters. The van der Waals surface area contributed by atoms with Crippen molar-refractivity contribution >= 4 is 11.8 Å². The van der Waals surface area contributed by atoms with Crippen LogP contribution in [-0.4, -0.2) is 91.8 Å². The molecule has 0 amide bonds. The summed E-state index contributed by atoms with van der Waals surface area (Å²) >= 11 is 0. The van der Waals surface area contributed by atoms with E-state index in [1.54, 1.807) is 13.8 Å². The lowest BCUT2D eigenvalue weighted by Gasteiger charge is -2.71. The number of fused-ring (bicyclic) bond motifs is 3. The predicted octanol–water partition coefficient (Wildman–Crippen LogP) is 2.48. The molecule has 1 aromatic rings. The zero-order chi connectivity index (χ0) is 30.9. The number of likely N-dealkylation sites (tertiary alicyclic amines) is 1. The highest BCUT2D eigenvalue weighted by molar-refractivity contribution is 5.92. The molecule has 9 heteroatoms. The summed E-state index contributed by atoms with van der Waals surface area (Å²) in [6.07, 6.45) is -0.743. The second-order valence-electron chi connectivity index (χ2n) is 14.4. The number of rotatable bonds is 5. The van der Waals surface area contributed by atoms with E-state index in [2.05, 4.69) is 6.58 Å². The molecule has 4 aliphatic rings. The quantitative estimate of drug-likeness (QED) is 0.303. The maximum atomic E-state index is 14.0. The average Bonchev–Trinajstić information content (AvgIpc) is 2.93. The lowest BCUT2D eigenvalue weighted by Crippen LogP contribution is -2.86. The van der Waals surface area contributed by atoms with Gasteiger partial charge in [0.2, 0.25) is 0 Å². The Morgan fingerprint density at radius 1 is 1.07 bits per heavy atom. The third-order valence-electron chi connectivity index (χ3n) is 11.3. The van der Waals surface area contributed by atoms with E-state index in [1.807, 2.05) is 49.1 Å². The molecule has 9 nitrogen and oxygen atoms in total. The summed E-state index contributed by atoms with van der Waals surface area (Å²) in [4.78, 5) is 29.5. The fraction of sp³-hybridized carbons (Fsp3) is 0.697. The molecule has 4 fully saturated rings. The smallest absolute Gasteiger partial charge is 0.320 e. The first-order chi connectivity index (χ1) is 19.5. The third-order valence-corrected chi connectivity index (χ3v) is 11.3. The fourth-order valence-electron chi connectivity index (χ4n) is 8.96. The molecule has 2 aliphatic heterocycles. The first-order valence-corrected chi connectivity index (χ1v) is 15.1. The highest BCUT2D eigenvalue weighted by atomic mass is 16.6. The number of nitrogens with zero attached hydrogens (tertiary/aromatic N) is 1. The van der Waals surface area contributed by atoms with Crippen LogP contribution in [-0.2, 0) is 24.7 Å². The lowest BCUT2D eigenvalue weighted by atomic mass is 9.40. The summed E-state index contributed by atoms with van der Waals surface area (Å²) in [5, 5.41) is 47.2. The van der Waals surface area contributed by atoms with Gasteiger partial charge in [-0.1, -0.05) is 57.2 Å². The number of Topliss-reactive ketones (excluding diaryl/α,β-unsaturated/α-hetero) is 1. The van der Waals surface area contributed by atoms with Gasteiger partial charge in [0.15, 0.2) is 17.5 Å². The topological polar surface area (TPSA) is 137 Å². The van der Waals surface area contributed by atoms with E-state index in [1.165, 1.54) is 13.0 Å². The predicted molar refractivity (Wildman–Crippen MR) is 155 cm³/mol. The van der Waals surface area contributed by atoms with Gasteiger partial charge in [0.25, 0.3) is 0 Å². The minimum absolute atomic E-state index is 0.0940. The van der Waals surface area contributed by atoms with Crippen molar-refractivity contribution in [1.82, 2.24) is 4.90 Å². The number of benzene rings is 1. The molecule has 2 saturated carbocycles. The number of hydrogen-bond donors (Lipinski definition) is 4. The normalized spacial score (nSPS) is 43.1. The number of carbonyl (C=O) groups excluding carboxylic acids is 2. The van der Waals surface area contributed by atoms with Crippen molar-refractivity contribution in [1.29, 1.82) is 0 Å². The van der Waals surface area contributed by atoms with Gasteiger partial charge in [0.1, 0.15) is 5.60 Å². The SMILES string of the molecule is C=C[C@@]1(C)CC(=O)[C@]2(O)C3(C)C(C(O)C(OC(=O)CN4CCC(O)(c5ccccc5)CC4)[C@@]2(C)O1)C(C)(C)CC[C@@H]3O. The standard InChI is InChI=1S/C33H47NO8/c1-7-29(4)19-23(36)33(40)30(5)22(35)13-14-28(2,3)26(30)25(38)27(31(33,6)42-29)41-24(37)20-34-17-15-32(39,16-18-34)21-11-9-8-10-12-21/h7-12,22,25-27,35,38-40H,1,13-20H2,2-6H3/t22-,25?,26?,27?,29-,30?,31+,33-/m0/s1. The van der Waals surface area contributed by atoms with Gasteiger partial charge < -0.3 is 29.9 Å². The maximum Gasteiger partial charge on any atom is 0.320 e. The molecule has 42 heavy (non-hydrogen) atoms. The summed E-state index contributed by atoms with van der Waals surface area (Å²) in [7, 11) is 0. The highest BCUT2D eigenvalue weighted by Crippen LogP contribution is 2.67. The number of aliphatic hydroxyl groups excluding tert-OH is 2. The van der Waals surface area contributed by atoms with E-state index in [-0.39, 0.29) is 13.0 Å². The van der Waals surface area contributed by atoms with Crippen LogP contribution in [0.5, 0.6) is 0 Å². The van der Waals surface area contributed by atoms with Crippen molar-refractivity contribution in [3.8, 4) is 0 Å². The van der Waals surface area contributed by atoms with Crippen LogP contribution in [0, 0.1) is 16.7 Å². The van der Waals surface area contributed by atoms with Crippen molar-refractivity contribution in [3.63, 3.8) is 0 Å². The number of ketones is 1. The zero-order valence-electron chi connectivity index (χ0n) is 25.5. The average molecular weight is 586 g/mol. The number of carbonyl (C=O) groups is 2. The van der Waals surface area contributed by atoms with E-state index in [9.17, 15) is 30.0 Å². The molecular weight excluding hydrogens is 538 g/mol.